The summed E-state index contributed by atoms with van der Waals surface area (Å²) in [6.07, 6.45) is 0. The quantitative estimate of drug-likeness (QED) is 0.711. The van der Waals surface area contributed by atoms with E-state index in [0.29, 0.717) is 6.54 Å². The summed E-state index contributed by atoms with van der Waals surface area (Å²) in [4.78, 5) is 13.0. The molecule has 1 unspecified atom stereocenters. The van der Waals surface area contributed by atoms with Gasteiger partial charge in [0.1, 0.15) is 5.75 Å². The standard InChI is InChI=1S/C10H22N2O3S/c1-8(2)6-16(14,15)7-10(13)12(4)9(3)5-11/h8-9H,5-7,11H2,1-4H3. The van der Waals surface area contributed by atoms with Crippen LogP contribution < -0.4 is 5.73 Å². The zero-order chi connectivity index (χ0) is 12.9. The molecule has 0 rings (SSSR count). The lowest BCUT2D eigenvalue weighted by Crippen LogP contribution is -2.42. The maximum absolute atomic E-state index is 11.6. The number of nitrogens with zero attached hydrogens (tertiary/aromatic N) is 1. The average molecular weight is 250 g/mol. The van der Waals surface area contributed by atoms with Crippen LogP contribution in [0.1, 0.15) is 20.8 Å². The van der Waals surface area contributed by atoms with Crippen LogP contribution in [-0.2, 0) is 14.6 Å². The van der Waals surface area contributed by atoms with Crippen LogP contribution in [0.25, 0.3) is 0 Å². The molecule has 0 aliphatic heterocycles. The molecule has 0 spiro atoms. The third-order valence-corrected chi connectivity index (χ3v) is 4.19. The first-order valence-corrected chi connectivity index (χ1v) is 7.18. The maximum atomic E-state index is 11.6. The van der Waals surface area contributed by atoms with Crippen molar-refractivity contribution in [3.8, 4) is 0 Å². The molecule has 0 aromatic carbocycles. The van der Waals surface area contributed by atoms with E-state index in [2.05, 4.69) is 0 Å². The molecule has 5 nitrogen and oxygen atoms in total. The van der Waals surface area contributed by atoms with Gasteiger partial charge in [0.15, 0.2) is 9.84 Å². The number of carbonyl (C=O) groups is 1. The fourth-order valence-electron chi connectivity index (χ4n) is 1.26. The molecule has 16 heavy (non-hydrogen) atoms. The van der Waals surface area contributed by atoms with Gasteiger partial charge in [0.2, 0.25) is 5.91 Å². The van der Waals surface area contributed by atoms with Crippen molar-refractivity contribution in [3.63, 3.8) is 0 Å². The summed E-state index contributed by atoms with van der Waals surface area (Å²) in [5.41, 5.74) is 5.41. The largest absolute Gasteiger partial charge is 0.341 e. The Morgan fingerprint density at radius 2 is 1.81 bits per heavy atom. The molecule has 2 N–H and O–H groups in total. The fraction of sp³-hybridized carbons (Fsp3) is 0.900. The molecular formula is C10H22N2O3S. The molecule has 0 saturated carbocycles. The second-order valence-electron chi connectivity index (χ2n) is 4.54. The highest BCUT2D eigenvalue weighted by atomic mass is 32.2. The molecule has 0 aromatic heterocycles. The molecule has 0 saturated heterocycles. The Kier molecular flexibility index (Phi) is 5.96. The second kappa shape index (κ2) is 6.20. The van der Waals surface area contributed by atoms with Crippen molar-refractivity contribution in [3.05, 3.63) is 0 Å². The van der Waals surface area contributed by atoms with Gasteiger partial charge in [-0.3, -0.25) is 4.79 Å². The summed E-state index contributed by atoms with van der Waals surface area (Å²) in [5.74, 6) is -0.732. The van der Waals surface area contributed by atoms with Crippen LogP contribution in [0, 0.1) is 5.92 Å². The van der Waals surface area contributed by atoms with E-state index in [4.69, 9.17) is 5.73 Å². The first kappa shape index (κ1) is 15.4. The summed E-state index contributed by atoms with van der Waals surface area (Å²) in [6, 6.07) is -0.137. The smallest absolute Gasteiger partial charge is 0.237 e. The Bertz CT molecular complexity index is 325. The fourth-order valence-corrected chi connectivity index (χ4v) is 2.97. The van der Waals surface area contributed by atoms with Crippen LogP contribution in [-0.4, -0.2) is 50.4 Å². The molecule has 0 aliphatic carbocycles. The number of hydrogen-bond donors (Lipinski definition) is 1. The number of likely N-dealkylation sites (N-methyl/N-ethyl adjacent to an activating group) is 1. The summed E-state index contributed by atoms with van der Waals surface area (Å²) in [6.45, 7) is 5.74. The minimum atomic E-state index is -3.30. The van der Waals surface area contributed by atoms with E-state index in [1.54, 1.807) is 14.0 Å². The van der Waals surface area contributed by atoms with Gasteiger partial charge < -0.3 is 10.6 Å². The van der Waals surface area contributed by atoms with Crippen LogP contribution >= 0.6 is 0 Å². The van der Waals surface area contributed by atoms with E-state index in [-0.39, 0.29) is 17.7 Å². The third kappa shape index (κ3) is 5.46. The van der Waals surface area contributed by atoms with Gasteiger partial charge in [-0.15, -0.1) is 0 Å². The van der Waals surface area contributed by atoms with Crippen LogP contribution in [0.5, 0.6) is 0 Å². The van der Waals surface area contributed by atoms with Crippen LogP contribution in [0.2, 0.25) is 0 Å². The van der Waals surface area contributed by atoms with Gasteiger partial charge in [-0.25, -0.2) is 8.42 Å². The predicted molar refractivity (Wildman–Crippen MR) is 64.8 cm³/mol. The zero-order valence-electron chi connectivity index (χ0n) is 10.4. The van der Waals surface area contributed by atoms with Gasteiger partial charge in [-0.05, 0) is 12.8 Å². The Balaban J connectivity index is 4.45. The first-order chi connectivity index (χ1) is 7.19. The maximum Gasteiger partial charge on any atom is 0.237 e. The SMILES string of the molecule is CC(C)CS(=O)(=O)CC(=O)N(C)C(C)CN. The van der Waals surface area contributed by atoms with Gasteiger partial charge in [0.05, 0.1) is 5.75 Å². The minimum Gasteiger partial charge on any atom is -0.341 e. The van der Waals surface area contributed by atoms with Crippen molar-refractivity contribution in [2.24, 2.45) is 11.7 Å². The number of hydrogen-bond acceptors (Lipinski definition) is 4. The van der Waals surface area contributed by atoms with Crippen LogP contribution in [0.15, 0.2) is 0 Å². The summed E-state index contributed by atoms with van der Waals surface area (Å²) < 4.78 is 23.2. The van der Waals surface area contributed by atoms with Crippen LogP contribution in [0.3, 0.4) is 0 Å². The summed E-state index contributed by atoms with van der Waals surface area (Å²) >= 11 is 0. The van der Waals surface area contributed by atoms with Gasteiger partial charge in [0.25, 0.3) is 0 Å². The van der Waals surface area contributed by atoms with Gasteiger partial charge >= 0.3 is 0 Å². The van der Waals surface area contributed by atoms with E-state index in [1.165, 1.54) is 4.90 Å². The Labute approximate surface area is 97.9 Å². The van der Waals surface area contributed by atoms with Gasteiger partial charge in [0, 0.05) is 19.6 Å². The Morgan fingerprint density at radius 1 is 1.31 bits per heavy atom. The van der Waals surface area contributed by atoms with Crippen molar-refractivity contribution >= 4 is 15.7 Å². The number of nitrogens with two attached hydrogens (primary N) is 1. The number of carbonyl (C=O) groups excluding carboxylic acids is 1. The molecule has 96 valence electrons. The predicted octanol–water partition coefficient (Wildman–Crippen LogP) is -0.137. The molecule has 6 heteroatoms. The highest BCUT2D eigenvalue weighted by Crippen LogP contribution is 2.03. The van der Waals surface area contributed by atoms with E-state index < -0.39 is 21.5 Å². The van der Waals surface area contributed by atoms with Gasteiger partial charge in [-0.2, -0.15) is 0 Å². The molecular weight excluding hydrogens is 228 g/mol. The molecule has 1 amide bonds. The number of amides is 1. The van der Waals surface area contributed by atoms with Gasteiger partial charge in [-0.1, -0.05) is 13.8 Å². The molecule has 0 aromatic rings. The monoisotopic (exact) mass is 250 g/mol. The third-order valence-electron chi connectivity index (χ3n) is 2.33. The number of sulfone groups is 1. The van der Waals surface area contributed by atoms with Crippen molar-refractivity contribution in [2.75, 3.05) is 25.1 Å². The first-order valence-electron chi connectivity index (χ1n) is 5.35. The Hall–Kier alpha value is -0.620. The lowest BCUT2D eigenvalue weighted by molar-refractivity contribution is -0.128. The molecule has 0 fully saturated rings. The topological polar surface area (TPSA) is 80.5 Å². The normalized spacial score (nSPS) is 13.9. The number of rotatable bonds is 6. The lowest BCUT2D eigenvalue weighted by Gasteiger charge is -2.23. The molecule has 1 atom stereocenters. The van der Waals surface area contributed by atoms with E-state index in [1.807, 2.05) is 13.8 Å². The van der Waals surface area contributed by atoms with Crippen molar-refractivity contribution in [1.29, 1.82) is 0 Å². The molecule has 0 bridgehead atoms. The second-order valence-corrected chi connectivity index (χ2v) is 6.65. The lowest BCUT2D eigenvalue weighted by atomic mass is 10.3. The highest BCUT2D eigenvalue weighted by molar-refractivity contribution is 7.92. The van der Waals surface area contributed by atoms with E-state index in [0.717, 1.165) is 0 Å². The minimum absolute atomic E-state index is 0.0371. The zero-order valence-corrected chi connectivity index (χ0v) is 11.3. The van der Waals surface area contributed by atoms with Crippen molar-refractivity contribution in [2.45, 2.75) is 26.8 Å². The van der Waals surface area contributed by atoms with Crippen LogP contribution in [0.4, 0.5) is 0 Å². The Morgan fingerprint density at radius 3 is 2.19 bits per heavy atom. The molecule has 0 heterocycles. The highest BCUT2D eigenvalue weighted by Gasteiger charge is 2.22. The van der Waals surface area contributed by atoms with Crippen molar-refractivity contribution < 1.29 is 13.2 Å². The average Bonchev–Trinajstić information content (AvgIpc) is 2.12. The molecule has 0 aliphatic rings. The summed E-state index contributed by atoms with van der Waals surface area (Å²) in [5, 5.41) is 0. The van der Waals surface area contributed by atoms with E-state index in [9.17, 15) is 13.2 Å². The van der Waals surface area contributed by atoms with Crippen molar-refractivity contribution in [1.82, 2.24) is 4.90 Å². The van der Waals surface area contributed by atoms with E-state index >= 15 is 0 Å². The molecule has 0 radical (unpaired) electrons. The summed E-state index contributed by atoms with van der Waals surface area (Å²) in [7, 11) is -1.72.